The van der Waals surface area contributed by atoms with Crippen LogP contribution in [0.4, 0.5) is 5.69 Å². The van der Waals surface area contributed by atoms with Gasteiger partial charge >= 0.3 is 5.97 Å². The van der Waals surface area contributed by atoms with Crippen molar-refractivity contribution < 1.29 is 22.7 Å². The van der Waals surface area contributed by atoms with Crippen LogP contribution in [-0.4, -0.2) is 50.3 Å². The molecule has 0 radical (unpaired) electrons. The van der Waals surface area contributed by atoms with Gasteiger partial charge in [0.25, 0.3) is 15.9 Å². The smallest absolute Gasteiger partial charge is 0.317 e. The number of fused-ring (bicyclic) bond motifs is 1. The van der Waals surface area contributed by atoms with Crippen LogP contribution < -0.4 is 4.90 Å². The van der Waals surface area contributed by atoms with Gasteiger partial charge in [-0.25, -0.2) is 8.42 Å². The lowest BCUT2D eigenvalue weighted by molar-refractivity contribution is -0.155. The molecule has 188 valence electrons. The first-order chi connectivity index (χ1) is 17.3. The van der Waals surface area contributed by atoms with E-state index in [1.807, 2.05) is 61.5 Å². The van der Waals surface area contributed by atoms with Crippen molar-refractivity contribution in [1.29, 1.82) is 0 Å². The van der Waals surface area contributed by atoms with Gasteiger partial charge in [0, 0.05) is 24.8 Å². The number of ether oxygens (including phenoxy) is 1. The molecule has 2 aromatic carbocycles. The standard InChI is InChI=1S/C27H28N2O5S2/c1-20-18-21-8-5-6-11-23(21)29(20)24(30)19-34-26(31)27(22-9-3-2-4-10-22)13-15-28(16-14-27)36(32,33)25-12-7-17-35-25/h2-12,17,20H,13-16,18-19H2,1H3. The minimum atomic E-state index is -3.61. The number of piperidine rings is 1. The number of rotatable bonds is 6. The third-order valence-corrected chi connectivity index (χ3v) is 10.5. The van der Waals surface area contributed by atoms with Gasteiger partial charge in [-0.2, -0.15) is 4.31 Å². The number of amides is 1. The molecular formula is C27H28N2O5S2. The van der Waals surface area contributed by atoms with E-state index in [1.165, 1.54) is 15.6 Å². The van der Waals surface area contributed by atoms with Crippen LogP contribution in [-0.2, 0) is 36.2 Å². The molecule has 1 aromatic heterocycles. The molecule has 36 heavy (non-hydrogen) atoms. The molecule has 1 amide bonds. The van der Waals surface area contributed by atoms with Crippen molar-refractivity contribution in [1.82, 2.24) is 4.31 Å². The van der Waals surface area contributed by atoms with Crippen molar-refractivity contribution in [2.45, 2.75) is 41.9 Å². The number of carbonyl (C=O) groups is 2. The number of carbonyl (C=O) groups excluding carboxylic acids is 2. The van der Waals surface area contributed by atoms with E-state index >= 15 is 0 Å². The molecule has 2 aliphatic heterocycles. The first-order valence-electron chi connectivity index (χ1n) is 12.0. The highest BCUT2D eigenvalue weighted by Gasteiger charge is 2.47. The first-order valence-corrected chi connectivity index (χ1v) is 14.3. The Balaban J connectivity index is 1.33. The molecule has 0 bridgehead atoms. The minimum Gasteiger partial charge on any atom is -0.455 e. The Hall–Kier alpha value is -3.01. The lowest BCUT2D eigenvalue weighted by atomic mass is 9.73. The third kappa shape index (κ3) is 4.36. The fourth-order valence-corrected chi connectivity index (χ4v) is 7.88. The second kappa shape index (κ2) is 9.80. The van der Waals surface area contributed by atoms with Gasteiger partial charge in [0.15, 0.2) is 6.61 Å². The van der Waals surface area contributed by atoms with Gasteiger partial charge in [-0.15, -0.1) is 11.3 Å². The quantitative estimate of drug-likeness (QED) is 0.456. The zero-order valence-corrected chi connectivity index (χ0v) is 21.6. The lowest BCUT2D eigenvalue weighted by Crippen LogP contribution is -2.50. The van der Waals surface area contributed by atoms with Crippen molar-refractivity contribution >= 4 is 38.9 Å². The zero-order chi connectivity index (χ0) is 25.3. The molecule has 0 spiro atoms. The number of thiophene rings is 1. The van der Waals surface area contributed by atoms with Gasteiger partial charge in [-0.3, -0.25) is 9.59 Å². The topological polar surface area (TPSA) is 84.0 Å². The summed E-state index contributed by atoms with van der Waals surface area (Å²) in [4.78, 5) is 28.4. The van der Waals surface area contributed by atoms with Gasteiger partial charge in [0.1, 0.15) is 4.21 Å². The van der Waals surface area contributed by atoms with Crippen LogP contribution in [0, 0.1) is 0 Å². The van der Waals surface area contributed by atoms with Crippen LogP contribution >= 0.6 is 11.3 Å². The van der Waals surface area contributed by atoms with E-state index in [4.69, 9.17) is 4.74 Å². The summed E-state index contributed by atoms with van der Waals surface area (Å²) in [6, 6.07) is 20.4. The van der Waals surface area contributed by atoms with Crippen molar-refractivity contribution in [2.75, 3.05) is 24.6 Å². The lowest BCUT2D eigenvalue weighted by Gasteiger charge is -2.39. The molecule has 5 rings (SSSR count). The molecule has 9 heteroatoms. The number of anilines is 1. The van der Waals surface area contributed by atoms with Crippen LogP contribution in [0.25, 0.3) is 0 Å². The summed E-state index contributed by atoms with van der Waals surface area (Å²) in [5.41, 5.74) is 1.72. The number of hydrogen-bond acceptors (Lipinski definition) is 6. The Morgan fingerprint density at radius 1 is 1.00 bits per heavy atom. The van der Waals surface area contributed by atoms with Crippen LogP contribution in [0.15, 0.2) is 76.3 Å². The molecule has 0 aliphatic carbocycles. The van der Waals surface area contributed by atoms with Crippen LogP contribution in [0.2, 0.25) is 0 Å². The Morgan fingerprint density at radius 2 is 1.69 bits per heavy atom. The Labute approximate surface area is 215 Å². The summed E-state index contributed by atoms with van der Waals surface area (Å²) in [5, 5.41) is 1.74. The van der Waals surface area contributed by atoms with Gasteiger partial charge < -0.3 is 9.64 Å². The second-order valence-corrected chi connectivity index (χ2v) is 12.4. The van der Waals surface area contributed by atoms with Crippen molar-refractivity contribution in [3.05, 3.63) is 83.2 Å². The summed E-state index contributed by atoms with van der Waals surface area (Å²) in [7, 11) is -3.61. The fourth-order valence-electron chi connectivity index (χ4n) is 5.29. The average molecular weight is 525 g/mol. The Kier molecular flexibility index (Phi) is 6.72. The molecule has 7 nitrogen and oxygen atoms in total. The van der Waals surface area contributed by atoms with Gasteiger partial charge in [-0.05, 0) is 54.8 Å². The predicted octanol–water partition coefficient (Wildman–Crippen LogP) is 3.99. The average Bonchev–Trinajstić information content (AvgIpc) is 3.56. The van der Waals surface area contributed by atoms with Crippen LogP contribution in [0.3, 0.4) is 0 Å². The maximum atomic E-state index is 13.6. The molecule has 1 unspecified atom stereocenters. The molecule has 0 saturated carbocycles. The monoisotopic (exact) mass is 524 g/mol. The number of hydrogen-bond donors (Lipinski definition) is 0. The first kappa shape index (κ1) is 24.7. The maximum absolute atomic E-state index is 13.6. The highest BCUT2D eigenvalue weighted by molar-refractivity contribution is 7.91. The van der Waals surface area contributed by atoms with E-state index in [2.05, 4.69) is 0 Å². The van der Waals surface area contributed by atoms with Gasteiger partial charge in [0.2, 0.25) is 0 Å². The predicted molar refractivity (Wildman–Crippen MR) is 138 cm³/mol. The summed E-state index contributed by atoms with van der Waals surface area (Å²) < 4.78 is 33.5. The Bertz CT molecular complexity index is 1350. The highest BCUT2D eigenvalue weighted by atomic mass is 32.2. The van der Waals surface area contributed by atoms with E-state index in [0.717, 1.165) is 23.2 Å². The Morgan fingerprint density at radius 3 is 2.39 bits per heavy atom. The summed E-state index contributed by atoms with van der Waals surface area (Å²) in [5.74, 6) is -0.753. The van der Waals surface area contributed by atoms with E-state index in [9.17, 15) is 18.0 Å². The van der Waals surface area contributed by atoms with E-state index in [1.54, 1.807) is 22.4 Å². The number of benzene rings is 2. The molecule has 0 N–H and O–H groups in total. The van der Waals surface area contributed by atoms with Crippen molar-refractivity contribution in [2.24, 2.45) is 0 Å². The number of sulfonamides is 1. The van der Waals surface area contributed by atoms with E-state index < -0.39 is 21.4 Å². The van der Waals surface area contributed by atoms with Crippen LogP contribution in [0.1, 0.15) is 30.9 Å². The van der Waals surface area contributed by atoms with E-state index in [-0.39, 0.29) is 44.5 Å². The molecule has 1 saturated heterocycles. The molecule has 2 aliphatic rings. The molecule has 1 atom stereocenters. The largest absolute Gasteiger partial charge is 0.455 e. The summed E-state index contributed by atoms with van der Waals surface area (Å²) in [6.07, 6.45) is 1.31. The van der Waals surface area contributed by atoms with Crippen LogP contribution in [0.5, 0.6) is 0 Å². The highest BCUT2D eigenvalue weighted by Crippen LogP contribution is 2.39. The number of nitrogens with zero attached hydrogens (tertiary/aromatic N) is 2. The fraction of sp³-hybridized carbons (Fsp3) is 0.333. The van der Waals surface area contributed by atoms with Crippen molar-refractivity contribution in [3.63, 3.8) is 0 Å². The molecule has 3 aromatic rings. The maximum Gasteiger partial charge on any atom is 0.317 e. The summed E-state index contributed by atoms with van der Waals surface area (Å²) >= 11 is 1.18. The normalized spacial score (nSPS) is 19.6. The molecule has 1 fully saturated rings. The molecular weight excluding hydrogens is 496 g/mol. The van der Waals surface area contributed by atoms with E-state index in [0.29, 0.717) is 4.21 Å². The second-order valence-electron chi connectivity index (χ2n) is 9.31. The minimum absolute atomic E-state index is 0.0117. The third-order valence-electron chi connectivity index (χ3n) is 7.18. The van der Waals surface area contributed by atoms with Gasteiger partial charge in [0.05, 0.1) is 5.41 Å². The number of para-hydroxylation sites is 1. The number of esters is 1. The van der Waals surface area contributed by atoms with Crippen molar-refractivity contribution in [3.8, 4) is 0 Å². The zero-order valence-electron chi connectivity index (χ0n) is 20.0. The SMILES string of the molecule is CC1Cc2ccccc2N1C(=O)COC(=O)C1(c2ccccc2)CCN(S(=O)(=O)c2cccs2)CC1. The van der Waals surface area contributed by atoms with Gasteiger partial charge in [-0.1, -0.05) is 54.6 Å². The molecule has 3 heterocycles. The summed E-state index contributed by atoms with van der Waals surface area (Å²) in [6.45, 7) is 2.00.